The molecule has 5 nitrogen and oxygen atoms in total. The van der Waals surface area contributed by atoms with Gasteiger partial charge in [-0.3, -0.25) is 4.79 Å². The zero-order valence-corrected chi connectivity index (χ0v) is 10.6. The van der Waals surface area contributed by atoms with E-state index in [1.165, 1.54) is 0 Å². The van der Waals surface area contributed by atoms with Crippen molar-refractivity contribution < 1.29 is 27.5 Å². The fourth-order valence-corrected chi connectivity index (χ4v) is 1.13. The predicted octanol–water partition coefficient (Wildman–Crippen LogP) is 2.34. The topological polar surface area (TPSA) is 61.2 Å². The Labute approximate surface area is 107 Å². The van der Waals surface area contributed by atoms with E-state index in [1.54, 1.807) is 20.8 Å². The van der Waals surface area contributed by atoms with E-state index in [9.17, 15) is 22.8 Å². The number of Topliss-reactive ketones (excluding diaryl/α,β-unsaturated/α-hetero) is 1. The van der Waals surface area contributed by atoms with E-state index >= 15 is 0 Å². The predicted molar refractivity (Wildman–Crippen MR) is 58.6 cm³/mol. The van der Waals surface area contributed by atoms with E-state index in [0.29, 0.717) is 0 Å². The second-order valence-electron chi connectivity index (χ2n) is 4.85. The number of nitrogens with zero attached hydrogens (tertiary/aromatic N) is 2. The molecule has 0 amide bonds. The summed E-state index contributed by atoms with van der Waals surface area (Å²) < 4.78 is 42.0. The number of aromatic nitrogens is 2. The number of hydrogen-bond acceptors (Lipinski definition) is 4. The van der Waals surface area contributed by atoms with Crippen molar-refractivity contribution in [3.05, 3.63) is 18.2 Å². The van der Waals surface area contributed by atoms with Crippen LogP contribution in [0.3, 0.4) is 0 Å². The number of alkyl halides is 3. The highest BCUT2D eigenvalue weighted by Crippen LogP contribution is 2.18. The lowest BCUT2D eigenvalue weighted by molar-refractivity contribution is -0.170. The summed E-state index contributed by atoms with van der Waals surface area (Å²) in [5.41, 5.74) is -0.878. The van der Waals surface area contributed by atoms with E-state index in [2.05, 4.69) is 4.98 Å². The monoisotopic (exact) mass is 278 g/mol. The van der Waals surface area contributed by atoms with Gasteiger partial charge in [-0.05, 0) is 20.8 Å². The van der Waals surface area contributed by atoms with Crippen molar-refractivity contribution in [1.82, 2.24) is 9.55 Å². The largest absolute Gasteiger partial charge is 0.450 e. The van der Waals surface area contributed by atoms with Crippen LogP contribution < -0.4 is 0 Å². The number of ether oxygens (including phenoxy) is 1. The highest BCUT2D eigenvalue weighted by Gasteiger charge is 2.38. The summed E-state index contributed by atoms with van der Waals surface area (Å²) in [6.07, 6.45) is -4.54. The smallest absolute Gasteiger partial charge is 0.443 e. The second kappa shape index (κ2) is 5.02. The SMILES string of the molecule is CC(C)(C)OC(=O)n1cnc(CC(=O)C(F)(F)F)c1. The third-order valence-electron chi connectivity index (χ3n) is 1.90. The van der Waals surface area contributed by atoms with Crippen LogP contribution in [0.5, 0.6) is 0 Å². The zero-order chi connectivity index (χ0) is 14.8. The van der Waals surface area contributed by atoms with E-state index in [1.807, 2.05) is 0 Å². The molecule has 0 aromatic carbocycles. The highest BCUT2D eigenvalue weighted by atomic mass is 19.4. The minimum absolute atomic E-state index is 0.145. The molecule has 0 saturated carbocycles. The zero-order valence-electron chi connectivity index (χ0n) is 10.6. The number of carbonyl (C=O) groups excluding carboxylic acids is 2. The van der Waals surface area contributed by atoms with Crippen LogP contribution in [-0.2, 0) is 16.0 Å². The number of carbonyl (C=O) groups is 2. The first-order valence-corrected chi connectivity index (χ1v) is 5.35. The Bertz CT molecular complexity index is 486. The molecule has 0 radical (unpaired) electrons. The average molecular weight is 278 g/mol. The quantitative estimate of drug-likeness (QED) is 0.833. The Kier molecular flexibility index (Phi) is 4.02. The summed E-state index contributed by atoms with van der Waals surface area (Å²) in [5, 5.41) is 0. The minimum Gasteiger partial charge on any atom is -0.443 e. The standard InChI is InChI=1S/C11H13F3N2O3/c1-10(2,3)19-9(18)16-5-7(15-6-16)4-8(17)11(12,13)14/h5-6H,4H2,1-3H3. The van der Waals surface area contributed by atoms with Crippen molar-refractivity contribution >= 4 is 11.9 Å². The Hall–Kier alpha value is -1.86. The van der Waals surface area contributed by atoms with Gasteiger partial charge in [0.2, 0.25) is 5.78 Å². The van der Waals surface area contributed by atoms with E-state index < -0.39 is 30.1 Å². The first-order chi connectivity index (χ1) is 8.49. The van der Waals surface area contributed by atoms with Crippen LogP contribution in [0.25, 0.3) is 0 Å². The van der Waals surface area contributed by atoms with E-state index in [4.69, 9.17) is 4.74 Å². The number of rotatable bonds is 2. The van der Waals surface area contributed by atoms with Crippen LogP contribution in [0.1, 0.15) is 26.5 Å². The molecule has 0 unspecified atom stereocenters. The summed E-state index contributed by atoms with van der Waals surface area (Å²) >= 11 is 0. The van der Waals surface area contributed by atoms with Crippen molar-refractivity contribution in [2.24, 2.45) is 0 Å². The van der Waals surface area contributed by atoms with Crippen LogP contribution in [0.4, 0.5) is 18.0 Å². The molecular weight excluding hydrogens is 265 g/mol. The number of ketones is 1. The molecule has 1 aromatic heterocycles. The molecule has 0 aliphatic rings. The van der Waals surface area contributed by atoms with Crippen molar-refractivity contribution in [3.63, 3.8) is 0 Å². The molecular formula is C11H13F3N2O3. The normalized spacial score (nSPS) is 12.3. The molecule has 0 bridgehead atoms. The summed E-state index contributed by atoms with van der Waals surface area (Å²) in [5.74, 6) is -1.91. The summed E-state index contributed by atoms with van der Waals surface area (Å²) in [6.45, 7) is 4.95. The Balaban J connectivity index is 2.73. The lowest BCUT2D eigenvalue weighted by Gasteiger charge is -2.19. The van der Waals surface area contributed by atoms with Gasteiger partial charge in [0.1, 0.15) is 11.9 Å². The molecule has 106 valence electrons. The van der Waals surface area contributed by atoms with Crippen LogP contribution >= 0.6 is 0 Å². The number of halogens is 3. The van der Waals surface area contributed by atoms with Gasteiger partial charge in [-0.2, -0.15) is 13.2 Å². The molecule has 0 atom stereocenters. The first-order valence-electron chi connectivity index (χ1n) is 5.35. The van der Waals surface area contributed by atoms with Gasteiger partial charge in [-0.25, -0.2) is 14.3 Å². The van der Waals surface area contributed by atoms with Crippen molar-refractivity contribution in [3.8, 4) is 0 Å². The molecule has 1 rings (SSSR count). The summed E-state index contributed by atoms with van der Waals surface area (Å²) in [7, 11) is 0. The van der Waals surface area contributed by atoms with Gasteiger partial charge in [0.25, 0.3) is 0 Å². The molecule has 19 heavy (non-hydrogen) atoms. The van der Waals surface area contributed by atoms with E-state index in [0.717, 1.165) is 17.1 Å². The molecule has 8 heteroatoms. The summed E-state index contributed by atoms with van der Waals surface area (Å²) in [6, 6.07) is 0. The summed E-state index contributed by atoms with van der Waals surface area (Å²) in [4.78, 5) is 25.9. The first kappa shape index (κ1) is 15.2. The van der Waals surface area contributed by atoms with Gasteiger partial charge in [0.15, 0.2) is 0 Å². The van der Waals surface area contributed by atoms with Crippen LogP contribution in [0.15, 0.2) is 12.5 Å². The fourth-order valence-electron chi connectivity index (χ4n) is 1.13. The maximum Gasteiger partial charge on any atom is 0.450 e. The number of hydrogen-bond donors (Lipinski definition) is 0. The fraction of sp³-hybridized carbons (Fsp3) is 0.545. The molecule has 0 N–H and O–H groups in total. The Morgan fingerprint density at radius 3 is 2.37 bits per heavy atom. The second-order valence-corrected chi connectivity index (χ2v) is 4.85. The molecule has 0 fully saturated rings. The number of imidazole rings is 1. The average Bonchev–Trinajstić information content (AvgIpc) is 2.62. The van der Waals surface area contributed by atoms with Crippen LogP contribution in [0, 0.1) is 0 Å². The molecule has 0 saturated heterocycles. The maximum absolute atomic E-state index is 12.0. The van der Waals surface area contributed by atoms with Crippen LogP contribution in [-0.4, -0.2) is 33.2 Å². The van der Waals surface area contributed by atoms with E-state index in [-0.39, 0.29) is 5.69 Å². The van der Waals surface area contributed by atoms with Gasteiger partial charge in [-0.1, -0.05) is 0 Å². The lowest BCUT2D eigenvalue weighted by Crippen LogP contribution is -2.26. The van der Waals surface area contributed by atoms with Gasteiger partial charge in [-0.15, -0.1) is 0 Å². The maximum atomic E-state index is 12.0. The van der Waals surface area contributed by atoms with Crippen LogP contribution in [0.2, 0.25) is 0 Å². The molecule has 0 aliphatic heterocycles. The van der Waals surface area contributed by atoms with Gasteiger partial charge in [0, 0.05) is 6.20 Å². The highest BCUT2D eigenvalue weighted by molar-refractivity contribution is 5.85. The van der Waals surface area contributed by atoms with Gasteiger partial charge in [0.05, 0.1) is 12.1 Å². The van der Waals surface area contributed by atoms with Gasteiger partial charge < -0.3 is 4.74 Å². The minimum atomic E-state index is -4.91. The third-order valence-corrected chi connectivity index (χ3v) is 1.90. The molecule has 0 spiro atoms. The molecule has 1 heterocycles. The van der Waals surface area contributed by atoms with Crippen molar-refractivity contribution in [2.75, 3.05) is 0 Å². The molecule has 1 aromatic rings. The molecule has 0 aliphatic carbocycles. The van der Waals surface area contributed by atoms with Crippen molar-refractivity contribution in [1.29, 1.82) is 0 Å². The van der Waals surface area contributed by atoms with Crippen molar-refractivity contribution in [2.45, 2.75) is 39.0 Å². The third kappa shape index (κ3) is 4.72. The Morgan fingerprint density at radius 2 is 1.89 bits per heavy atom. The Morgan fingerprint density at radius 1 is 1.32 bits per heavy atom. The van der Waals surface area contributed by atoms with Gasteiger partial charge >= 0.3 is 12.3 Å². The lowest BCUT2D eigenvalue weighted by atomic mass is 10.2.